The zero-order chi connectivity index (χ0) is 12.4. The molecule has 0 aliphatic rings. The first-order valence-corrected chi connectivity index (χ1v) is 6.01. The third kappa shape index (κ3) is 2.05. The number of rotatable bonds is 2. The van der Waals surface area contributed by atoms with E-state index in [0.29, 0.717) is 0 Å². The fourth-order valence-corrected chi connectivity index (χ4v) is 2.01. The topological polar surface area (TPSA) is 28.7 Å². The maximum Gasteiger partial charge on any atom is 0.131 e. The Kier molecular flexibility index (Phi) is 2.69. The molecular weight excluding hydrogens is 220 g/mol. The molecule has 2 aromatic carbocycles. The molecule has 0 unspecified atom stereocenters. The molecule has 0 fully saturated rings. The number of hydrogen-bond acceptors (Lipinski definition) is 1. The molecule has 18 heavy (non-hydrogen) atoms. The Morgan fingerprint density at radius 3 is 2.56 bits per heavy atom. The Balaban J connectivity index is 1.96. The molecular formula is C16H14N2. The first-order chi connectivity index (χ1) is 8.83. The lowest BCUT2D eigenvalue weighted by atomic mass is 10.2. The highest BCUT2D eigenvalue weighted by Gasteiger charge is 2.01. The number of aryl methyl sites for hydroxylation is 1. The highest BCUT2D eigenvalue weighted by molar-refractivity contribution is 5.81. The van der Waals surface area contributed by atoms with Gasteiger partial charge in [0, 0.05) is 0 Å². The molecule has 3 aromatic rings. The summed E-state index contributed by atoms with van der Waals surface area (Å²) in [5.41, 5.74) is 4.51. The molecule has 3 rings (SSSR count). The Morgan fingerprint density at radius 1 is 0.944 bits per heavy atom. The number of benzene rings is 2. The van der Waals surface area contributed by atoms with E-state index in [0.717, 1.165) is 16.9 Å². The van der Waals surface area contributed by atoms with E-state index in [-0.39, 0.29) is 0 Å². The molecule has 0 aliphatic carbocycles. The van der Waals surface area contributed by atoms with Gasteiger partial charge in [0.15, 0.2) is 0 Å². The molecule has 0 aliphatic heterocycles. The van der Waals surface area contributed by atoms with E-state index < -0.39 is 0 Å². The van der Waals surface area contributed by atoms with Gasteiger partial charge in [0.25, 0.3) is 0 Å². The minimum atomic E-state index is 0.892. The average Bonchev–Trinajstić information content (AvgIpc) is 2.82. The maximum absolute atomic E-state index is 4.58. The Morgan fingerprint density at radius 2 is 1.78 bits per heavy atom. The molecule has 0 amide bonds. The first-order valence-electron chi connectivity index (χ1n) is 6.01. The average molecular weight is 234 g/mol. The van der Waals surface area contributed by atoms with Gasteiger partial charge in [0.1, 0.15) is 5.82 Å². The van der Waals surface area contributed by atoms with E-state index in [9.17, 15) is 0 Å². The van der Waals surface area contributed by atoms with Crippen LogP contribution in [0.5, 0.6) is 0 Å². The van der Waals surface area contributed by atoms with Gasteiger partial charge in [-0.2, -0.15) is 0 Å². The Hall–Kier alpha value is -2.35. The van der Waals surface area contributed by atoms with Crippen LogP contribution in [0.15, 0.2) is 48.5 Å². The third-order valence-corrected chi connectivity index (χ3v) is 2.97. The molecule has 0 saturated heterocycles. The normalized spacial score (nSPS) is 11.4. The minimum Gasteiger partial charge on any atom is -0.338 e. The van der Waals surface area contributed by atoms with Crippen LogP contribution in [0, 0.1) is 6.92 Å². The van der Waals surface area contributed by atoms with Gasteiger partial charge in [-0.15, -0.1) is 0 Å². The number of aromatic amines is 1. The van der Waals surface area contributed by atoms with Gasteiger partial charge in [-0.3, -0.25) is 0 Å². The SMILES string of the molecule is Cc1cccc2[nH]c(C=Cc3ccccc3)nc12. The number of hydrogen-bond donors (Lipinski definition) is 1. The summed E-state index contributed by atoms with van der Waals surface area (Å²) in [4.78, 5) is 7.89. The van der Waals surface area contributed by atoms with Crippen molar-refractivity contribution in [3.8, 4) is 0 Å². The predicted octanol–water partition coefficient (Wildman–Crippen LogP) is 4.04. The van der Waals surface area contributed by atoms with E-state index in [1.54, 1.807) is 0 Å². The van der Waals surface area contributed by atoms with Crippen LogP contribution < -0.4 is 0 Å². The van der Waals surface area contributed by atoms with Gasteiger partial charge < -0.3 is 4.98 Å². The van der Waals surface area contributed by atoms with Gasteiger partial charge >= 0.3 is 0 Å². The highest BCUT2D eigenvalue weighted by Crippen LogP contribution is 2.16. The molecule has 2 nitrogen and oxygen atoms in total. The Labute approximate surface area is 106 Å². The first kappa shape index (κ1) is 10.8. The molecule has 2 heteroatoms. The lowest BCUT2D eigenvalue weighted by molar-refractivity contribution is 1.29. The third-order valence-electron chi connectivity index (χ3n) is 2.97. The van der Waals surface area contributed by atoms with E-state index in [4.69, 9.17) is 0 Å². The van der Waals surface area contributed by atoms with Crippen LogP contribution in [0.25, 0.3) is 23.2 Å². The van der Waals surface area contributed by atoms with Gasteiger partial charge in [-0.25, -0.2) is 4.98 Å². The fraction of sp³-hybridized carbons (Fsp3) is 0.0625. The molecule has 1 heterocycles. The molecule has 1 N–H and O–H groups in total. The number of nitrogens with one attached hydrogen (secondary N) is 1. The lowest BCUT2D eigenvalue weighted by Gasteiger charge is -1.90. The smallest absolute Gasteiger partial charge is 0.131 e. The number of H-pyrrole nitrogens is 1. The molecule has 0 atom stereocenters. The summed E-state index contributed by atoms with van der Waals surface area (Å²) >= 11 is 0. The summed E-state index contributed by atoms with van der Waals surface area (Å²) in [6.45, 7) is 2.08. The lowest BCUT2D eigenvalue weighted by Crippen LogP contribution is -1.75. The second kappa shape index (κ2) is 4.49. The second-order valence-corrected chi connectivity index (χ2v) is 4.34. The van der Waals surface area contributed by atoms with E-state index in [2.05, 4.69) is 47.2 Å². The summed E-state index contributed by atoms with van der Waals surface area (Å²) in [6, 6.07) is 16.4. The number of nitrogens with zero attached hydrogens (tertiary/aromatic N) is 1. The van der Waals surface area contributed by atoms with Crippen LogP contribution in [-0.2, 0) is 0 Å². The van der Waals surface area contributed by atoms with Crippen LogP contribution in [0.3, 0.4) is 0 Å². The van der Waals surface area contributed by atoms with Crippen molar-refractivity contribution in [2.45, 2.75) is 6.92 Å². The molecule has 0 bridgehead atoms. The maximum atomic E-state index is 4.58. The molecule has 0 saturated carbocycles. The van der Waals surface area contributed by atoms with E-state index in [1.807, 2.05) is 30.3 Å². The zero-order valence-electron chi connectivity index (χ0n) is 10.2. The number of fused-ring (bicyclic) bond motifs is 1. The van der Waals surface area contributed by atoms with Crippen LogP contribution in [0.1, 0.15) is 17.0 Å². The van der Waals surface area contributed by atoms with Crippen molar-refractivity contribution in [3.05, 3.63) is 65.5 Å². The Bertz CT molecular complexity index is 693. The molecule has 0 spiro atoms. The zero-order valence-corrected chi connectivity index (χ0v) is 10.2. The fourth-order valence-electron chi connectivity index (χ4n) is 2.01. The quantitative estimate of drug-likeness (QED) is 0.712. The van der Waals surface area contributed by atoms with Crippen molar-refractivity contribution < 1.29 is 0 Å². The van der Waals surface area contributed by atoms with Crippen molar-refractivity contribution in [1.82, 2.24) is 9.97 Å². The minimum absolute atomic E-state index is 0.892. The number of imidazole rings is 1. The van der Waals surface area contributed by atoms with E-state index >= 15 is 0 Å². The highest BCUT2D eigenvalue weighted by atomic mass is 14.9. The standard InChI is InChI=1S/C16H14N2/c1-12-6-5-9-14-16(12)18-15(17-14)11-10-13-7-3-2-4-8-13/h2-11H,1H3,(H,17,18). The van der Waals surface area contributed by atoms with Gasteiger partial charge in [0.2, 0.25) is 0 Å². The molecule has 1 aromatic heterocycles. The van der Waals surface area contributed by atoms with Crippen molar-refractivity contribution >= 4 is 23.2 Å². The van der Waals surface area contributed by atoms with Crippen LogP contribution >= 0.6 is 0 Å². The van der Waals surface area contributed by atoms with Crippen molar-refractivity contribution in [1.29, 1.82) is 0 Å². The summed E-state index contributed by atoms with van der Waals surface area (Å²) in [5, 5.41) is 0. The summed E-state index contributed by atoms with van der Waals surface area (Å²) < 4.78 is 0. The van der Waals surface area contributed by atoms with Crippen molar-refractivity contribution in [2.24, 2.45) is 0 Å². The monoisotopic (exact) mass is 234 g/mol. The van der Waals surface area contributed by atoms with Gasteiger partial charge in [-0.1, -0.05) is 48.5 Å². The summed E-state index contributed by atoms with van der Waals surface area (Å²) in [7, 11) is 0. The van der Waals surface area contributed by atoms with Crippen molar-refractivity contribution in [2.75, 3.05) is 0 Å². The molecule has 88 valence electrons. The number of aromatic nitrogens is 2. The van der Waals surface area contributed by atoms with Crippen molar-refractivity contribution in [3.63, 3.8) is 0 Å². The van der Waals surface area contributed by atoms with Crippen LogP contribution in [0.2, 0.25) is 0 Å². The van der Waals surface area contributed by atoms with Gasteiger partial charge in [0.05, 0.1) is 11.0 Å². The van der Waals surface area contributed by atoms with Crippen LogP contribution in [0.4, 0.5) is 0 Å². The molecule has 0 radical (unpaired) electrons. The van der Waals surface area contributed by atoms with Crippen LogP contribution in [-0.4, -0.2) is 9.97 Å². The predicted molar refractivity (Wildman–Crippen MR) is 76.2 cm³/mol. The number of para-hydroxylation sites is 1. The largest absolute Gasteiger partial charge is 0.338 e. The summed E-state index contributed by atoms with van der Waals surface area (Å²) in [6.07, 6.45) is 4.07. The van der Waals surface area contributed by atoms with E-state index in [1.165, 1.54) is 11.1 Å². The summed E-state index contributed by atoms with van der Waals surface area (Å²) in [5.74, 6) is 0.892. The second-order valence-electron chi connectivity index (χ2n) is 4.34. The van der Waals surface area contributed by atoms with Gasteiger partial charge in [-0.05, 0) is 30.2 Å².